The molecule has 1 aromatic carbocycles. The summed E-state index contributed by atoms with van der Waals surface area (Å²) in [4.78, 5) is 56.1. The van der Waals surface area contributed by atoms with Crippen LogP contribution in [0.5, 0.6) is 0 Å². The first kappa shape index (κ1) is 22.1. The Kier molecular flexibility index (Phi) is 7.11. The molecule has 1 aliphatic heterocycles. The number of hydrogen-bond acceptors (Lipinski definition) is 7. The number of esters is 2. The largest absolute Gasteiger partial charge is 0.463 e. The third kappa shape index (κ3) is 4.80. The fourth-order valence-corrected chi connectivity index (χ4v) is 2.62. The predicted molar refractivity (Wildman–Crippen MR) is 104 cm³/mol. The highest BCUT2D eigenvalue weighted by molar-refractivity contribution is 6.33. The maximum Gasteiger partial charge on any atom is 0.359 e. The van der Waals surface area contributed by atoms with Gasteiger partial charge in [-0.1, -0.05) is 23.7 Å². The molecule has 0 saturated carbocycles. The van der Waals surface area contributed by atoms with E-state index in [1.165, 1.54) is 30.3 Å². The average Bonchev–Trinajstić information content (AvgIpc) is 2.92. The molecule has 2 rings (SSSR count). The lowest BCUT2D eigenvalue weighted by Gasteiger charge is -2.19. The summed E-state index contributed by atoms with van der Waals surface area (Å²) >= 11 is 6.16. The normalized spacial score (nSPS) is 15.1. The van der Waals surface area contributed by atoms with E-state index in [1.54, 1.807) is 33.2 Å². The minimum Gasteiger partial charge on any atom is -0.463 e. The highest BCUT2D eigenvalue weighted by atomic mass is 35.5. The average molecular weight is 422 g/mol. The number of ether oxygens (including phenoxy) is 2. The van der Waals surface area contributed by atoms with Gasteiger partial charge in [-0.25, -0.2) is 19.5 Å². The molecule has 0 spiro atoms. The van der Waals surface area contributed by atoms with Gasteiger partial charge in [-0.3, -0.25) is 9.59 Å². The van der Waals surface area contributed by atoms with E-state index in [9.17, 15) is 19.2 Å². The Hall–Kier alpha value is -3.20. The molecule has 0 fully saturated rings. The fourth-order valence-electron chi connectivity index (χ4n) is 2.41. The van der Waals surface area contributed by atoms with E-state index in [0.29, 0.717) is 4.90 Å². The van der Waals surface area contributed by atoms with E-state index in [0.717, 1.165) is 0 Å². The molecule has 9 nitrogen and oxygen atoms in total. The molecule has 29 heavy (non-hydrogen) atoms. The summed E-state index contributed by atoms with van der Waals surface area (Å²) in [6, 6.07) is 6.08. The van der Waals surface area contributed by atoms with Gasteiger partial charge in [0, 0.05) is 14.1 Å². The standard InChI is InChI=1S/C19H20ClN3O6/c1-5-28-18(26)11(2)29-19(27)14(15(20)21-10-22(3)4)23-16(24)12-8-6-7-9-13(12)17(23)25/h6-11H,5H2,1-4H3/b15-14+,21-10?. The molecule has 0 saturated heterocycles. The van der Waals surface area contributed by atoms with Crippen molar-refractivity contribution in [3.05, 3.63) is 46.2 Å². The molecule has 154 valence electrons. The van der Waals surface area contributed by atoms with Crippen LogP contribution in [0, 0.1) is 0 Å². The molecule has 1 aliphatic rings. The molecule has 0 aromatic heterocycles. The Morgan fingerprint density at radius 1 is 1.21 bits per heavy atom. The summed E-state index contributed by atoms with van der Waals surface area (Å²) in [5, 5.41) is -0.450. The minimum absolute atomic E-state index is 0.0930. The first-order valence-corrected chi connectivity index (χ1v) is 9.02. The van der Waals surface area contributed by atoms with Crippen molar-refractivity contribution in [1.29, 1.82) is 0 Å². The van der Waals surface area contributed by atoms with E-state index < -0.39 is 40.7 Å². The third-order valence-electron chi connectivity index (χ3n) is 3.71. The van der Waals surface area contributed by atoms with Gasteiger partial charge in [0.05, 0.1) is 24.1 Å². The van der Waals surface area contributed by atoms with E-state index in [2.05, 4.69) is 4.99 Å². The van der Waals surface area contributed by atoms with Crippen molar-refractivity contribution in [2.45, 2.75) is 20.0 Å². The van der Waals surface area contributed by atoms with E-state index >= 15 is 0 Å². The number of rotatable bonds is 7. The Balaban J connectivity index is 2.46. The van der Waals surface area contributed by atoms with Crippen LogP contribution < -0.4 is 0 Å². The number of hydrogen-bond donors (Lipinski definition) is 0. The number of aliphatic imine (C=N–C) groups is 1. The highest BCUT2D eigenvalue weighted by Crippen LogP contribution is 2.29. The quantitative estimate of drug-likeness (QED) is 0.165. The monoisotopic (exact) mass is 421 g/mol. The number of amides is 2. The Morgan fingerprint density at radius 3 is 2.24 bits per heavy atom. The van der Waals surface area contributed by atoms with E-state index in [-0.39, 0.29) is 17.7 Å². The van der Waals surface area contributed by atoms with Gasteiger partial charge in [-0.05, 0) is 26.0 Å². The topological polar surface area (TPSA) is 106 Å². The van der Waals surface area contributed by atoms with Gasteiger partial charge in [-0.15, -0.1) is 0 Å². The van der Waals surface area contributed by atoms with Gasteiger partial charge in [-0.2, -0.15) is 0 Å². The van der Waals surface area contributed by atoms with E-state index in [4.69, 9.17) is 21.1 Å². The second kappa shape index (κ2) is 9.33. The number of nitrogens with zero attached hydrogens (tertiary/aromatic N) is 3. The van der Waals surface area contributed by atoms with Crippen molar-refractivity contribution in [3.8, 4) is 0 Å². The van der Waals surface area contributed by atoms with Gasteiger partial charge in [0.15, 0.2) is 17.0 Å². The summed E-state index contributed by atoms with van der Waals surface area (Å²) in [6.45, 7) is 2.99. The maximum atomic E-state index is 12.8. The number of carbonyl (C=O) groups is 4. The van der Waals surface area contributed by atoms with Gasteiger partial charge in [0.25, 0.3) is 11.8 Å². The molecule has 0 aliphatic carbocycles. The van der Waals surface area contributed by atoms with E-state index in [1.807, 2.05) is 0 Å². The summed E-state index contributed by atoms with van der Waals surface area (Å²) in [5.74, 6) is -3.45. The van der Waals surface area contributed by atoms with Crippen molar-refractivity contribution in [2.75, 3.05) is 20.7 Å². The summed E-state index contributed by atoms with van der Waals surface area (Å²) in [7, 11) is 3.33. The van der Waals surface area contributed by atoms with Gasteiger partial charge >= 0.3 is 11.9 Å². The number of imide groups is 1. The zero-order chi connectivity index (χ0) is 21.7. The van der Waals surface area contributed by atoms with Crippen molar-refractivity contribution >= 4 is 41.7 Å². The first-order chi connectivity index (χ1) is 13.7. The van der Waals surface area contributed by atoms with Gasteiger partial charge in [0.2, 0.25) is 0 Å². The number of halogens is 1. The Bertz CT molecular complexity index is 874. The van der Waals surface area contributed by atoms with Crippen molar-refractivity contribution < 1.29 is 28.7 Å². The summed E-state index contributed by atoms with van der Waals surface area (Å²) in [5.41, 5.74) is -0.364. The fraction of sp³-hybridized carbons (Fsp3) is 0.316. The Morgan fingerprint density at radius 2 is 1.76 bits per heavy atom. The molecular formula is C19H20ClN3O6. The van der Waals surface area contributed by atoms with Crippen LogP contribution in [0.2, 0.25) is 0 Å². The van der Waals surface area contributed by atoms with Crippen LogP contribution in [0.1, 0.15) is 34.6 Å². The molecule has 10 heteroatoms. The van der Waals surface area contributed by atoms with Crippen LogP contribution in [0.3, 0.4) is 0 Å². The zero-order valence-electron chi connectivity index (χ0n) is 16.3. The van der Waals surface area contributed by atoms with Crippen LogP contribution in [0.4, 0.5) is 0 Å². The van der Waals surface area contributed by atoms with Crippen LogP contribution in [0.15, 0.2) is 40.1 Å². The van der Waals surface area contributed by atoms with Crippen LogP contribution in [0.25, 0.3) is 0 Å². The van der Waals surface area contributed by atoms with Crippen LogP contribution in [-0.2, 0) is 19.1 Å². The molecule has 1 aromatic rings. The molecular weight excluding hydrogens is 402 g/mol. The third-order valence-corrected chi connectivity index (χ3v) is 3.99. The lowest BCUT2D eigenvalue weighted by molar-refractivity contribution is -0.164. The summed E-state index contributed by atoms with van der Waals surface area (Å²) in [6.07, 6.45) is -0.00216. The molecule has 0 N–H and O–H groups in total. The Labute approximate surface area is 172 Å². The smallest absolute Gasteiger partial charge is 0.359 e. The molecule has 1 heterocycles. The lowest BCUT2D eigenvalue weighted by Crippen LogP contribution is -2.37. The van der Waals surface area contributed by atoms with Crippen LogP contribution in [-0.4, -0.2) is 66.7 Å². The SMILES string of the molecule is CCOC(=O)C(C)OC(=O)/C(=C(/Cl)N=CN(C)C)N1C(=O)c2ccccc2C1=O. The predicted octanol–water partition coefficient (Wildman–Crippen LogP) is 1.78. The molecule has 0 bridgehead atoms. The first-order valence-electron chi connectivity index (χ1n) is 8.64. The molecule has 2 amide bonds. The maximum absolute atomic E-state index is 12.8. The van der Waals surface area contributed by atoms with Crippen LogP contribution >= 0.6 is 11.6 Å². The van der Waals surface area contributed by atoms with Crippen molar-refractivity contribution in [1.82, 2.24) is 9.80 Å². The number of benzene rings is 1. The van der Waals surface area contributed by atoms with Crippen molar-refractivity contribution in [3.63, 3.8) is 0 Å². The van der Waals surface area contributed by atoms with Gasteiger partial charge in [0.1, 0.15) is 0 Å². The number of fused-ring (bicyclic) bond motifs is 1. The highest BCUT2D eigenvalue weighted by Gasteiger charge is 2.42. The molecule has 0 radical (unpaired) electrons. The zero-order valence-corrected chi connectivity index (χ0v) is 17.1. The minimum atomic E-state index is -1.28. The second-order valence-electron chi connectivity index (χ2n) is 6.14. The second-order valence-corrected chi connectivity index (χ2v) is 6.50. The lowest BCUT2D eigenvalue weighted by atomic mass is 10.1. The van der Waals surface area contributed by atoms with Gasteiger partial charge < -0.3 is 14.4 Å². The van der Waals surface area contributed by atoms with Crippen molar-refractivity contribution in [2.24, 2.45) is 4.99 Å². The molecule has 1 atom stereocenters. The molecule has 1 unspecified atom stereocenters. The number of carbonyl (C=O) groups excluding carboxylic acids is 4. The summed E-state index contributed by atoms with van der Waals surface area (Å²) < 4.78 is 9.87.